The van der Waals surface area contributed by atoms with Crippen LogP contribution in [0.15, 0.2) is 60.7 Å². The van der Waals surface area contributed by atoms with E-state index in [4.69, 9.17) is 13.8 Å². The lowest BCUT2D eigenvalue weighted by Gasteiger charge is -2.30. The highest BCUT2D eigenvalue weighted by molar-refractivity contribution is 7.54. The first kappa shape index (κ1) is 23.3. The predicted molar refractivity (Wildman–Crippen MR) is 113 cm³/mol. The standard InChI is InChI=1S/C22H30NO5P/c1-17(2)15-20(22(24)28-16-18-11-7-5-8-12-18)23-21(29(25,26-3)27-4)19-13-9-6-10-14-19/h5-14,17,20-21,23H,15-16H2,1-4H3/t20-,21?/m0/s1. The minimum Gasteiger partial charge on any atom is -0.460 e. The van der Waals surface area contributed by atoms with Gasteiger partial charge in [-0.3, -0.25) is 14.7 Å². The number of esters is 1. The maximum absolute atomic E-state index is 13.2. The van der Waals surface area contributed by atoms with E-state index in [1.807, 2.05) is 74.5 Å². The lowest BCUT2D eigenvalue weighted by Crippen LogP contribution is -2.41. The molecule has 0 aliphatic rings. The highest BCUT2D eigenvalue weighted by Gasteiger charge is 2.38. The summed E-state index contributed by atoms with van der Waals surface area (Å²) in [6, 6.07) is 18.0. The number of hydrogen-bond acceptors (Lipinski definition) is 6. The van der Waals surface area contributed by atoms with Gasteiger partial charge in [0.1, 0.15) is 18.4 Å². The molecule has 7 heteroatoms. The summed E-state index contributed by atoms with van der Waals surface area (Å²) in [5.41, 5.74) is 1.62. The Balaban J connectivity index is 2.23. The first-order valence-electron chi connectivity index (χ1n) is 9.62. The van der Waals surface area contributed by atoms with E-state index in [9.17, 15) is 9.36 Å². The number of ether oxygens (including phenoxy) is 1. The molecule has 0 aromatic heterocycles. The van der Waals surface area contributed by atoms with Crippen LogP contribution in [-0.2, 0) is 29.8 Å². The van der Waals surface area contributed by atoms with Crippen LogP contribution in [0.25, 0.3) is 0 Å². The van der Waals surface area contributed by atoms with Crippen molar-refractivity contribution in [3.63, 3.8) is 0 Å². The Morgan fingerprint density at radius 1 is 0.966 bits per heavy atom. The largest absolute Gasteiger partial charge is 0.460 e. The van der Waals surface area contributed by atoms with Crippen LogP contribution in [0, 0.1) is 5.92 Å². The molecule has 6 nitrogen and oxygen atoms in total. The van der Waals surface area contributed by atoms with Gasteiger partial charge in [-0.25, -0.2) is 0 Å². The molecule has 1 N–H and O–H groups in total. The Labute approximate surface area is 173 Å². The molecule has 0 heterocycles. The third kappa shape index (κ3) is 6.79. The Morgan fingerprint density at radius 3 is 2.03 bits per heavy atom. The first-order valence-corrected chi connectivity index (χ1v) is 11.2. The highest BCUT2D eigenvalue weighted by Crippen LogP contribution is 2.58. The zero-order valence-electron chi connectivity index (χ0n) is 17.4. The van der Waals surface area contributed by atoms with Gasteiger partial charge < -0.3 is 13.8 Å². The highest BCUT2D eigenvalue weighted by atomic mass is 31.2. The van der Waals surface area contributed by atoms with Gasteiger partial charge in [0, 0.05) is 14.2 Å². The molecule has 2 aromatic carbocycles. The normalized spacial score (nSPS) is 13.8. The molecule has 2 aromatic rings. The van der Waals surface area contributed by atoms with Gasteiger partial charge in [0.2, 0.25) is 0 Å². The Kier molecular flexibility index (Phi) is 9.05. The lowest BCUT2D eigenvalue weighted by molar-refractivity contribution is -0.148. The molecular formula is C22H30NO5P. The molecule has 0 saturated carbocycles. The van der Waals surface area contributed by atoms with Crippen LogP contribution in [0.5, 0.6) is 0 Å². The molecule has 158 valence electrons. The number of nitrogens with one attached hydrogen (secondary N) is 1. The van der Waals surface area contributed by atoms with E-state index >= 15 is 0 Å². The molecule has 0 bridgehead atoms. The fourth-order valence-electron chi connectivity index (χ4n) is 3.01. The van der Waals surface area contributed by atoms with E-state index in [1.54, 1.807) is 0 Å². The van der Waals surface area contributed by atoms with E-state index < -0.39 is 25.4 Å². The summed E-state index contributed by atoms with van der Waals surface area (Å²) in [6.45, 7) is 4.21. The summed E-state index contributed by atoms with van der Waals surface area (Å²) < 4.78 is 29.2. The minimum atomic E-state index is -3.55. The number of benzene rings is 2. The van der Waals surface area contributed by atoms with Crippen molar-refractivity contribution in [3.8, 4) is 0 Å². The summed E-state index contributed by atoms with van der Waals surface area (Å²) in [5, 5.41) is 3.19. The van der Waals surface area contributed by atoms with Gasteiger partial charge in [0.15, 0.2) is 0 Å². The maximum Gasteiger partial charge on any atom is 0.351 e. The Bertz CT molecular complexity index is 789. The van der Waals surface area contributed by atoms with Gasteiger partial charge >= 0.3 is 13.6 Å². The first-order chi connectivity index (χ1) is 13.9. The fourth-order valence-corrected chi connectivity index (χ4v) is 4.48. The van der Waals surface area contributed by atoms with E-state index in [2.05, 4.69) is 5.32 Å². The van der Waals surface area contributed by atoms with Crippen LogP contribution >= 0.6 is 7.60 Å². The summed E-state index contributed by atoms with van der Waals surface area (Å²) in [7, 11) is -0.865. The van der Waals surface area contributed by atoms with Gasteiger partial charge in [-0.2, -0.15) is 0 Å². The summed E-state index contributed by atoms with van der Waals surface area (Å²) in [5.74, 6) is -0.980. The van der Waals surface area contributed by atoms with Crippen LogP contribution in [0.2, 0.25) is 0 Å². The topological polar surface area (TPSA) is 73.9 Å². The number of hydrogen-bond donors (Lipinski definition) is 1. The zero-order valence-corrected chi connectivity index (χ0v) is 18.3. The quantitative estimate of drug-likeness (QED) is 0.412. The Morgan fingerprint density at radius 2 is 1.52 bits per heavy atom. The molecule has 2 rings (SSSR count). The van der Waals surface area contributed by atoms with Gasteiger partial charge in [-0.05, 0) is 23.5 Å². The van der Waals surface area contributed by atoms with Crippen molar-refractivity contribution in [2.24, 2.45) is 5.92 Å². The van der Waals surface area contributed by atoms with E-state index in [0.29, 0.717) is 12.0 Å². The third-order valence-electron chi connectivity index (χ3n) is 4.52. The van der Waals surface area contributed by atoms with E-state index in [0.717, 1.165) is 5.56 Å². The molecule has 0 spiro atoms. The van der Waals surface area contributed by atoms with Gasteiger partial charge in [-0.15, -0.1) is 0 Å². The van der Waals surface area contributed by atoms with Gasteiger partial charge in [-0.1, -0.05) is 74.5 Å². The molecule has 0 fully saturated rings. The smallest absolute Gasteiger partial charge is 0.351 e. The molecule has 29 heavy (non-hydrogen) atoms. The van der Waals surface area contributed by atoms with Crippen molar-refractivity contribution in [2.75, 3.05) is 14.2 Å². The summed E-state index contributed by atoms with van der Waals surface area (Å²) in [6.07, 6.45) is 0.518. The zero-order chi connectivity index (χ0) is 21.3. The van der Waals surface area contributed by atoms with Crippen molar-refractivity contribution in [1.82, 2.24) is 5.32 Å². The number of rotatable bonds is 11. The molecule has 0 aliphatic carbocycles. The molecule has 0 saturated heterocycles. The third-order valence-corrected chi connectivity index (χ3v) is 6.61. The molecule has 0 aliphatic heterocycles. The average Bonchev–Trinajstić information content (AvgIpc) is 2.75. The van der Waals surface area contributed by atoms with Crippen LogP contribution < -0.4 is 5.32 Å². The second-order valence-corrected chi connectivity index (χ2v) is 9.49. The monoisotopic (exact) mass is 419 g/mol. The molecule has 0 amide bonds. The second-order valence-electron chi connectivity index (χ2n) is 7.16. The van der Waals surface area contributed by atoms with Crippen molar-refractivity contribution >= 4 is 13.6 Å². The van der Waals surface area contributed by atoms with Gasteiger partial charge in [0.05, 0.1) is 0 Å². The van der Waals surface area contributed by atoms with E-state index in [1.165, 1.54) is 14.2 Å². The molecule has 2 atom stereocenters. The molecule has 0 radical (unpaired) electrons. The van der Waals surface area contributed by atoms with Crippen molar-refractivity contribution in [2.45, 2.75) is 38.7 Å². The minimum absolute atomic E-state index is 0.179. The fraction of sp³-hybridized carbons (Fsp3) is 0.409. The second kappa shape index (κ2) is 11.3. The van der Waals surface area contributed by atoms with Crippen LogP contribution in [0.3, 0.4) is 0 Å². The Hall–Kier alpha value is -1.98. The maximum atomic E-state index is 13.2. The SMILES string of the molecule is COP(=O)(OC)C(N[C@@H](CC(C)C)C(=O)OCc1ccccc1)c1ccccc1. The van der Waals surface area contributed by atoms with Crippen LogP contribution in [-0.4, -0.2) is 26.2 Å². The van der Waals surface area contributed by atoms with Crippen LogP contribution in [0.4, 0.5) is 0 Å². The van der Waals surface area contributed by atoms with Crippen molar-refractivity contribution in [3.05, 3.63) is 71.8 Å². The van der Waals surface area contributed by atoms with Crippen LogP contribution in [0.1, 0.15) is 37.2 Å². The number of carbonyl (C=O) groups is 1. The molecule has 1 unspecified atom stereocenters. The predicted octanol–water partition coefficient (Wildman–Crippen LogP) is 4.92. The van der Waals surface area contributed by atoms with Crippen molar-refractivity contribution in [1.29, 1.82) is 0 Å². The molecular weight excluding hydrogens is 389 g/mol. The summed E-state index contributed by atoms with van der Waals surface area (Å²) >= 11 is 0. The lowest BCUT2D eigenvalue weighted by atomic mass is 10.0. The van der Waals surface area contributed by atoms with E-state index in [-0.39, 0.29) is 12.5 Å². The van der Waals surface area contributed by atoms with Crippen molar-refractivity contribution < 1.29 is 23.1 Å². The summed E-state index contributed by atoms with van der Waals surface area (Å²) in [4.78, 5) is 12.9. The average molecular weight is 419 g/mol. The number of carbonyl (C=O) groups excluding carboxylic acids is 1. The van der Waals surface area contributed by atoms with Gasteiger partial charge in [0.25, 0.3) is 0 Å².